The number of hydrogen-bond donors (Lipinski definition) is 2. The predicted molar refractivity (Wildman–Crippen MR) is 134 cm³/mol. The molecule has 0 radical (unpaired) electrons. The maximum atomic E-state index is 14.4. The Bertz CT molecular complexity index is 1420. The van der Waals surface area contributed by atoms with E-state index in [1.54, 1.807) is 6.07 Å². The molecule has 3 heterocycles. The van der Waals surface area contributed by atoms with Crippen molar-refractivity contribution in [2.45, 2.75) is 37.9 Å². The predicted octanol–water partition coefficient (Wildman–Crippen LogP) is 4.54. The number of alkyl halides is 3. The van der Waals surface area contributed by atoms with Crippen molar-refractivity contribution in [3.05, 3.63) is 54.0 Å². The molecule has 0 atom stereocenters. The van der Waals surface area contributed by atoms with E-state index in [4.69, 9.17) is 4.74 Å². The zero-order chi connectivity index (χ0) is 28.4. The lowest BCUT2D eigenvalue weighted by molar-refractivity contribution is -0.179. The number of carbonyl (C=O) groups excluding carboxylic acids is 1. The summed E-state index contributed by atoms with van der Waals surface area (Å²) in [6.45, 7) is 4.08. The number of pyridine rings is 1. The van der Waals surface area contributed by atoms with E-state index in [-0.39, 0.29) is 59.7 Å². The second-order valence-electron chi connectivity index (χ2n) is 9.61. The molecule has 9 nitrogen and oxygen atoms in total. The van der Waals surface area contributed by atoms with Crippen molar-refractivity contribution in [1.82, 2.24) is 19.9 Å². The van der Waals surface area contributed by atoms with E-state index in [2.05, 4.69) is 15.2 Å². The van der Waals surface area contributed by atoms with Crippen LogP contribution in [0.25, 0.3) is 11.3 Å². The summed E-state index contributed by atoms with van der Waals surface area (Å²) in [6, 6.07) is 7.87. The molecule has 0 spiro atoms. The highest BCUT2D eigenvalue weighted by atomic mass is 32.2. The number of piperidine rings is 1. The van der Waals surface area contributed by atoms with Gasteiger partial charge in [0, 0.05) is 24.7 Å². The Morgan fingerprint density at radius 2 is 1.90 bits per heavy atom. The fourth-order valence-corrected chi connectivity index (χ4v) is 5.00. The lowest BCUT2D eigenvalue weighted by Crippen LogP contribution is -2.41. The van der Waals surface area contributed by atoms with Crippen LogP contribution in [0.2, 0.25) is 0 Å². The fraction of sp³-hybridized carbons (Fsp3) is 0.400. The fourth-order valence-electron chi connectivity index (χ4n) is 4.13. The molecule has 4 rings (SSSR count). The Labute approximate surface area is 222 Å². The number of amides is 1. The molecule has 0 saturated carbocycles. The number of anilines is 1. The molecule has 1 aromatic carbocycles. The number of aromatic nitrogens is 3. The normalized spacial score (nSPS) is 15.0. The van der Waals surface area contributed by atoms with E-state index in [0.717, 1.165) is 6.07 Å². The maximum absolute atomic E-state index is 14.4. The molecule has 1 saturated heterocycles. The molecule has 1 aliphatic heterocycles. The highest BCUT2D eigenvalue weighted by molar-refractivity contribution is 7.90. The summed E-state index contributed by atoms with van der Waals surface area (Å²) in [6.07, 6.45) is -3.61. The molecule has 14 heteroatoms. The highest BCUT2D eigenvalue weighted by Crippen LogP contribution is 2.36. The Morgan fingerprint density at radius 1 is 1.18 bits per heavy atom. The van der Waals surface area contributed by atoms with E-state index in [1.165, 1.54) is 35.4 Å². The SMILES string of the molecule is CC(C)COc1cc(F)cc(-c2ccc(C(=O)NS(=O)(=O)c3ccn[nH]3)c(N3CCC(C(F)(F)F)CC3)n2)c1. The van der Waals surface area contributed by atoms with Crippen molar-refractivity contribution in [1.29, 1.82) is 0 Å². The van der Waals surface area contributed by atoms with Gasteiger partial charge in [0.15, 0.2) is 5.03 Å². The van der Waals surface area contributed by atoms with E-state index in [9.17, 15) is 30.8 Å². The second-order valence-corrected chi connectivity index (χ2v) is 11.3. The Morgan fingerprint density at radius 3 is 2.51 bits per heavy atom. The molecule has 0 bridgehead atoms. The van der Waals surface area contributed by atoms with Gasteiger partial charge in [0.05, 0.1) is 30.0 Å². The summed E-state index contributed by atoms with van der Waals surface area (Å²) in [7, 11) is -4.31. The highest BCUT2D eigenvalue weighted by Gasteiger charge is 2.41. The lowest BCUT2D eigenvalue weighted by atomic mass is 9.96. The Hall–Kier alpha value is -3.68. The quantitative estimate of drug-likeness (QED) is 0.383. The van der Waals surface area contributed by atoms with Crippen LogP contribution in [0.15, 0.2) is 47.6 Å². The van der Waals surface area contributed by atoms with Crippen LogP contribution in [-0.2, 0) is 10.0 Å². The number of aromatic amines is 1. The third-order valence-electron chi connectivity index (χ3n) is 6.12. The lowest BCUT2D eigenvalue weighted by Gasteiger charge is -2.34. The largest absolute Gasteiger partial charge is 0.493 e. The number of nitrogens with zero attached hydrogens (tertiary/aromatic N) is 3. The third kappa shape index (κ3) is 6.85. The molecular formula is C25H27F4N5O4S. The zero-order valence-corrected chi connectivity index (χ0v) is 21.9. The van der Waals surface area contributed by atoms with Crippen molar-refractivity contribution in [2.24, 2.45) is 11.8 Å². The van der Waals surface area contributed by atoms with Crippen molar-refractivity contribution in [3.8, 4) is 17.0 Å². The van der Waals surface area contributed by atoms with Crippen LogP contribution in [0.5, 0.6) is 5.75 Å². The minimum atomic E-state index is -4.35. The molecule has 2 N–H and O–H groups in total. The number of H-pyrrole nitrogens is 1. The summed E-state index contributed by atoms with van der Waals surface area (Å²) < 4.78 is 86.9. The van der Waals surface area contributed by atoms with Crippen molar-refractivity contribution in [3.63, 3.8) is 0 Å². The number of rotatable bonds is 8. The first-order chi connectivity index (χ1) is 18.3. The Balaban J connectivity index is 1.70. The molecule has 39 heavy (non-hydrogen) atoms. The van der Waals surface area contributed by atoms with Gasteiger partial charge in [-0.25, -0.2) is 14.1 Å². The molecule has 210 valence electrons. The van der Waals surface area contributed by atoms with Gasteiger partial charge in [-0.3, -0.25) is 9.89 Å². The molecule has 1 aliphatic rings. The first-order valence-corrected chi connectivity index (χ1v) is 13.6. The smallest absolute Gasteiger partial charge is 0.391 e. The van der Waals surface area contributed by atoms with Crippen molar-refractivity contribution < 1.29 is 35.5 Å². The molecule has 3 aromatic rings. The summed E-state index contributed by atoms with van der Waals surface area (Å²) in [5, 5.41) is 5.47. The van der Waals surface area contributed by atoms with Gasteiger partial charge < -0.3 is 9.64 Å². The molecule has 0 unspecified atom stereocenters. The van der Waals surface area contributed by atoms with Crippen LogP contribution < -0.4 is 14.4 Å². The first-order valence-electron chi connectivity index (χ1n) is 12.2. The number of ether oxygens (including phenoxy) is 1. The van der Waals surface area contributed by atoms with Crippen LogP contribution in [-0.4, -0.2) is 55.4 Å². The van der Waals surface area contributed by atoms with Crippen LogP contribution in [0, 0.1) is 17.7 Å². The summed E-state index contributed by atoms with van der Waals surface area (Å²) in [4.78, 5) is 19.1. The zero-order valence-electron chi connectivity index (χ0n) is 21.1. The average Bonchev–Trinajstić information content (AvgIpc) is 3.42. The van der Waals surface area contributed by atoms with Crippen molar-refractivity contribution in [2.75, 3.05) is 24.6 Å². The molecule has 2 aromatic heterocycles. The van der Waals surface area contributed by atoms with Gasteiger partial charge in [0.1, 0.15) is 17.4 Å². The number of nitrogens with one attached hydrogen (secondary N) is 2. The Kier molecular flexibility index (Phi) is 8.14. The topological polar surface area (TPSA) is 117 Å². The van der Waals surface area contributed by atoms with E-state index in [0.29, 0.717) is 12.2 Å². The van der Waals surface area contributed by atoms with Gasteiger partial charge in [-0.2, -0.15) is 26.7 Å². The number of hydrogen-bond acceptors (Lipinski definition) is 7. The van der Waals surface area contributed by atoms with Crippen molar-refractivity contribution >= 4 is 21.7 Å². The minimum Gasteiger partial charge on any atom is -0.493 e. The van der Waals surface area contributed by atoms with Gasteiger partial charge in [-0.1, -0.05) is 13.8 Å². The standard InChI is InChI=1S/C25H27F4N5O4S/c1-15(2)14-38-19-12-16(11-18(26)13-19)21-4-3-20(24(35)33-39(36,37)22-5-8-30-32-22)23(31-21)34-9-6-17(7-10-34)25(27,28)29/h3-5,8,11-13,15,17H,6-7,9-10,14H2,1-2H3,(H,30,32)(H,33,35). The van der Waals surface area contributed by atoms with Crippen LogP contribution >= 0.6 is 0 Å². The molecule has 1 fully saturated rings. The van der Waals surface area contributed by atoms with Gasteiger partial charge in [-0.15, -0.1) is 0 Å². The van der Waals surface area contributed by atoms with Gasteiger partial charge in [-0.05, 0) is 49.1 Å². The second kappa shape index (κ2) is 11.2. The summed E-state index contributed by atoms with van der Waals surface area (Å²) in [5.41, 5.74) is 0.377. The van der Waals surface area contributed by atoms with Gasteiger partial charge in [0.25, 0.3) is 15.9 Å². The third-order valence-corrected chi connectivity index (χ3v) is 7.38. The monoisotopic (exact) mass is 569 g/mol. The first kappa shape index (κ1) is 28.3. The van der Waals surface area contributed by atoms with Gasteiger partial charge in [0.2, 0.25) is 0 Å². The number of sulfonamides is 1. The van der Waals surface area contributed by atoms with Crippen LogP contribution in [0.4, 0.5) is 23.4 Å². The molecular weight excluding hydrogens is 542 g/mol. The average molecular weight is 570 g/mol. The van der Waals surface area contributed by atoms with Crippen LogP contribution in [0.1, 0.15) is 37.0 Å². The number of halogens is 4. The van der Waals surface area contributed by atoms with E-state index in [1.807, 2.05) is 18.6 Å². The van der Waals surface area contributed by atoms with Gasteiger partial charge >= 0.3 is 6.18 Å². The van der Waals surface area contributed by atoms with E-state index < -0.39 is 33.8 Å². The molecule has 1 amide bonds. The summed E-state index contributed by atoms with van der Waals surface area (Å²) in [5.74, 6) is -2.68. The molecule has 0 aliphatic carbocycles. The summed E-state index contributed by atoms with van der Waals surface area (Å²) >= 11 is 0. The minimum absolute atomic E-state index is 0.0145. The number of benzene rings is 1. The maximum Gasteiger partial charge on any atom is 0.391 e. The van der Waals surface area contributed by atoms with E-state index >= 15 is 0 Å². The number of carbonyl (C=O) groups is 1. The van der Waals surface area contributed by atoms with Crippen LogP contribution in [0.3, 0.4) is 0 Å².